The molecular weight excluding hydrogens is 274 g/mol. The molecule has 0 aliphatic heterocycles. The SMILES string of the molecule is CNC(CC1CCCC1)c1cc(Cl)c(OC)c(OC)c1. The number of benzene rings is 1. The van der Waals surface area contributed by atoms with Crippen LogP contribution in [0.2, 0.25) is 5.02 Å². The zero-order valence-electron chi connectivity index (χ0n) is 12.5. The minimum absolute atomic E-state index is 0.315. The van der Waals surface area contributed by atoms with Gasteiger partial charge in [-0.15, -0.1) is 0 Å². The van der Waals surface area contributed by atoms with Crippen LogP contribution in [0.4, 0.5) is 0 Å². The van der Waals surface area contributed by atoms with Gasteiger partial charge in [0.15, 0.2) is 11.5 Å². The number of methoxy groups -OCH3 is 2. The van der Waals surface area contributed by atoms with E-state index in [9.17, 15) is 0 Å². The zero-order chi connectivity index (χ0) is 14.5. The van der Waals surface area contributed by atoms with Crippen LogP contribution in [0.25, 0.3) is 0 Å². The van der Waals surface area contributed by atoms with E-state index in [-0.39, 0.29) is 0 Å². The summed E-state index contributed by atoms with van der Waals surface area (Å²) in [4.78, 5) is 0. The molecule has 1 saturated carbocycles. The summed E-state index contributed by atoms with van der Waals surface area (Å²) in [5.41, 5.74) is 1.17. The maximum atomic E-state index is 6.30. The number of rotatable bonds is 6. The highest BCUT2D eigenvalue weighted by atomic mass is 35.5. The zero-order valence-corrected chi connectivity index (χ0v) is 13.3. The minimum Gasteiger partial charge on any atom is -0.493 e. The van der Waals surface area contributed by atoms with E-state index < -0.39 is 0 Å². The first-order valence-electron chi connectivity index (χ1n) is 7.28. The monoisotopic (exact) mass is 297 g/mol. The lowest BCUT2D eigenvalue weighted by molar-refractivity contribution is 0.352. The fourth-order valence-corrected chi connectivity index (χ4v) is 3.44. The first kappa shape index (κ1) is 15.5. The average Bonchev–Trinajstić information content (AvgIpc) is 2.96. The molecule has 0 radical (unpaired) electrons. The first-order chi connectivity index (χ1) is 9.69. The molecule has 0 aromatic heterocycles. The smallest absolute Gasteiger partial charge is 0.179 e. The standard InChI is InChI=1S/C16H24ClNO2/c1-18-14(8-11-6-4-5-7-11)12-9-13(17)16(20-3)15(10-12)19-2/h9-11,14,18H,4-8H2,1-3H3. The van der Waals surface area contributed by atoms with E-state index in [1.165, 1.54) is 31.2 Å². The fraction of sp³-hybridized carbons (Fsp3) is 0.625. The maximum Gasteiger partial charge on any atom is 0.179 e. The van der Waals surface area contributed by atoms with Gasteiger partial charge in [0.2, 0.25) is 0 Å². The van der Waals surface area contributed by atoms with Crippen LogP contribution in [0, 0.1) is 5.92 Å². The molecule has 0 amide bonds. The van der Waals surface area contributed by atoms with Gasteiger partial charge < -0.3 is 14.8 Å². The quantitative estimate of drug-likeness (QED) is 0.853. The molecule has 1 aromatic carbocycles. The highest BCUT2D eigenvalue weighted by Gasteiger charge is 2.22. The van der Waals surface area contributed by atoms with Crippen molar-refractivity contribution in [3.63, 3.8) is 0 Å². The minimum atomic E-state index is 0.315. The van der Waals surface area contributed by atoms with E-state index in [0.717, 1.165) is 12.3 Å². The first-order valence-corrected chi connectivity index (χ1v) is 7.66. The van der Waals surface area contributed by atoms with Gasteiger partial charge in [-0.1, -0.05) is 37.3 Å². The maximum absolute atomic E-state index is 6.30. The second-order valence-corrected chi connectivity index (χ2v) is 5.87. The van der Waals surface area contributed by atoms with Gasteiger partial charge in [-0.05, 0) is 37.1 Å². The van der Waals surface area contributed by atoms with E-state index in [2.05, 4.69) is 5.32 Å². The van der Waals surface area contributed by atoms with Crippen molar-refractivity contribution in [1.82, 2.24) is 5.32 Å². The van der Waals surface area contributed by atoms with E-state index in [4.69, 9.17) is 21.1 Å². The Hall–Kier alpha value is -0.930. The second kappa shape index (κ2) is 7.19. The van der Waals surface area contributed by atoms with E-state index in [1.807, 2.05) is 19.2 Å². The van der Waals surface area contributed by atoms with Crippen LogP contribution in [0.15, 0.2) is 12.1 Å². The molecule has 1 fully saturated rings. The highest BCUT2D eigenvalue weighted by Crippen LogP contribution is 2.40. The molecule has 20 heavy (non-hydrogen) atoms. The third-order valence-corrected chi connectivity index (χ3v) is 4.53. The van der Waals surface area contributed by atoms with Crippen molar-refractivity contribution in [1.29, 1.82) is 0 Å². The Balaban J connectivity index is 2.22. The third-order valence-electron chi connectivity index (χ3n) is 4.25. The van der Waals surface area contributed by atoms with E-state index in [0.29, 0.717) is 22.6 Å². The lowest BCUT2D eigenvalue weighted by Crippen LogP contribution is -2.19. The normalized spacial score (nSPS) is 17.2. The van der Waals surface area contributed by atoms with Crippen LogP contribution in [-0.4, -0.2) is 21.3 Å². The van der Waals surface area contributed by atoms with Crippen LogP contribution in [0.3, 0.4) is 0 Å². The van der Waals surface area contributed by atoms with Gasteiger partial charge in [0, 0.05) is 6.04 Å². The van der Waals surface area contributed by atoms with Gasteiger partial charge in [-0.2, -0.15) is 0 Å². The highest BCUT2D eigenvalue weighted by molar-refractivity contribution is 6.32. The summed E-state index contributed by atoms with van der Waals surface area (Å²) in [6.07, 6.45) is 6.59. The fourth-order valence-electron chi connectivity index (χ4n) is 3.14. The van der Waals surface area contributed by atoms with Crippen molar-refractivity contribution in [2.75, 3.05) is 21.3 Å². The van der Waals surface area contributed by atoms with Crippen molar-refractivity contribution in [2.24, 2.45) is 5.92 Å². The molecule has 1 aromatic rings. The number of nitrogens with one attached hydrogen (secondary N) is 1. The molecule has 0 heterocycles. The summed E-state index contributed by atoms with van der Waals surface area (Å²) < 4.78 is 10.7. The molecule has 4 heteroatoms. The molecule has 3 nitrogen and oxygen atoms in total. The Morgan fingerprint density at radius 3 is 2.50 bits per heavy atom. The van der Waals surface area contributed by atoms with E-state index >= 15 is 0 Å². The van der Waals surface area contributed by atoms with Crippen LogP contribution in [-0.2, 0) is 0 Å². The van der Waals surface area contributed by atoms with Crippen LogP contribution in [0.1, 0.15) is 43.7 Å². The number of halogens is 1. The number of ether oxygens (including phenoxy) is 2. The lowest BCUT2D eigenvalue weighted by atomic mass is 9.93. The van der Waals surface area contributed by atoms with E-state index in [1.54, 1.807) is 14.2 Å². The molecule has 0 spiro atoms. The molecule has 1 aliphatic rings. The van der Waals surface area contributed by atoms with Gasteiger partial charge in [0.1, 0.15) is 0 Å². The predicted molar refractivity (Wildman–Crippen MR) is 82.9 cm³/mol. The Labute approximate surface area is 126 Å². The Morgan fingerprint density at radius 2 is 1.95 bits per heavy atom. The summed E-state index contributed by atoms with van der Waals surface area (Å²) in [6.45, 7) is 0. The van der Waals surface area contributed by atoms with Crippen molar-refractivity contribution in [3.8, 4) is 11.5 Å². The average molecular weight is 298 g/mol. The molecule has 1 N–H and O–H groups in total. The van der Waals surface area contributed by atoms with Gasteiger partial charge in [-0.25, -0.2) is 0 Å². The van der Waals surface area contributed by atoms with Crippen molar-refractivity contribution in [3.05, 3.63) is 22.7 Å². The van der Waals surface area contributed by atoms with Gasteiger partial charge in [-0.3, -0.25) is 0 Å². The molecule has 0 bridgehead atoms. The lowest BCUT2D eigenvalue weighted by Gasteiger charge is -2.22. The van der Waals surface area contributed by atoms with Gasteiger partial charge in [0.05, 0.1) is 19.2 Å². The third kappa shape index (κ3) is 3.39. The summed E-state index contributed by atoms with van der Waals surface area (Å²) in [5, 5.41) is 4.01. The summed E-state index contributed by atoms with van der Waals surface area (Å²) in [7, 11) is 5.25. The molecule has 2 rings (SSSR count). The molecule has 112 valence electrons. The molecule has 1 atom stereocenters. The molecule has 1 unspecified atom stereocenters. The van der Waals surface area contributed by atoms with Crippen molar-refractivity contribution >= 4 is 11.6 Å². The number of hydrogen-bond acceptors (Lipinski definition) is 3. The molecule has 1 aliphatic carbocycles. The van der Waals surface area contributed by atoms with Crippen LogP contribution < -0.4 is 14.8 Å². The van der Waals surface area contributed by atoms with Crippen molar-refractivity contribution < 1.29 is 9.47 Å². The summed E-state index contributed by atoms with van der Waals surface area (Å²) in [5.74, 6) is 2.12. The summed E-state index contributed by atoms with van der Waals surface area (Å²) in [6, 6.07) is 4.33. The predicted octanol–water partition coefficient (Wildman–Crippen LogP) is 4.20. The number of hydrogen-bond donors (Lipinski definition) is 1. The van der Waals surface area contributed by atoms with Crippen molar-refractivity contribution in [2.45, 2.75) is 38.1 Å². The Kier molecular flexibility index (Phi) is 5.55. The van der Waals surface area contributed by atoms with Crippen LogP contribution >= 0.6 is 11.6 Å². The largest absolute Gasteiger partial charge is 0.493 e. The van der Waals surface area contributed by atoms with Gasteiger partial charge >= 0.3 is 0 Å². The van der Waals surface area contributed by atoms with Crippen LogP contribution in [0.5, 0.6) is 11.5 Å². The molecule has 0 saturated heterocycles. The summed E-state index contributed by atoms with van der Waals surface area (Å²) >= 11 is 6.30. The van der Waals surface area contributed by atoms with Gasteiger partial charge in [0.25, 0.3) is 0 Å². The molecular formula is C16H24ClNO2. The topological polar surface area (TPSA) is 30.5 Å². The Bertz CT molecular complexity index is 444. The second-order valence-electron chi connectivity index (χ2n) is 5.47. The Morgan fingerprint density at radius 1 is 1.25 bits per heavy atom.